The number of anilines is 1. The smallest absolute Gasteiger partial charge is 0.270 e. The van der Waals surface area contributed by atoms with Gasteiger partial charge in [-0.25, -0.2) is 4.39 Å². The number of hydrogen-bond donors (Lipinski definition) is 2. The van der Waals surface area contributed by atoms with E-state index in [1.54, 1.807) is 6.92 Å². The number of amides is 1. The summed E-state index contributed by atoms with van der Waals surface area (Å²) in [4.78, 5) is 10.9. The van der Waals surface area contributed by atoms with Crippen LogP contribution in [-0.2, 0) is 4.79 Å². The molecule has 5 heteroatoms. The van der Waals surface area contributed by atoms with Gasteiger partial charge in [-0.1, -0.05) is 5.16 Å². The molecule has 0 aliphatic heterocycles. The zero-order chi connectivity index (χ0) is 10.6. The lowest BCUT2D eigenvalue weighted by molar-refractivity contribution is -0.110. The molecule has 1 aromatic rings. The minimum absolute atomic E-state index is 0.365. The van der Waals surface area contributed by atoms with Crippen molar-refractivity contribution in [2.45, 2.75) is 6.92 Å². The number of benzene rings is 1. The van der Waals surface area contributed by atoms with Crippen LogP contribution in [0.15, 0.2) is 23.4 Å². The summed E-state index contributed by atoms with van der Waals surface area (Å²) in [7, 11) is 0. The maximum Gasteiger partial charge on any atom is 0.270 e. The number of hydrogen-bond acceptors (Lipinski definition) is 3. The topological polar surface area (TPSA) is 61.7 Å². The highest BCUT2D eigenvalue weighted by Crippen LogP contribution is 2.14. The van der Waals surface area contributed by atoms with Crippen molar-refractivity contribution >= 4 is 17.8 Å². The van der Waals surface area contributed by atoms with Crippen molar-refractivity contribution in [3.8, 4) is 0 Å². The number of carbonyl (C=O) groups is 1. The van der Waals surface area contributed by atoms with Gasteiger partial charge in [0.05, 0.1) is 0 Å². The van der Waals surface area contributed by atoms with E-state index in [1.165, 1.54) is 18.2 Å². The first-order chi connectivity index (χ1) is 6.63. The first-order valence-corrected chi connectivity index (χ1v) is 3.88. The van der Waals surface area contributed by atoms with Crippen LogP contribution in [0.25, 0.3) is 0 Å². The van der Waals surface area contributed by atoms with Crippen molar-refractivity contribution in [1.82, 2.24) is 0 Å². The molecule has 0 aliphatic rings. The predicted molar refractivity (Wildman–Crippen MR) is 50.0 cm³/mol. The standard InChI is InChI=1S/C9H9FN2O2/c1-6-4-7(10)2-3-8(6)12-9(13)5-11-14/h2-5,14H,1H3,(H,12,13)/b11-5+. The van der Waals surface area contributed by atoms with E-state index in [0.29, 0.717) is 11.3 Å². The maximum atomic E-state index is 12.7. The Morgan fingerprint density at radius 3 is 2.93 bits per heavy atom. The highest BCUT2D eigenvalue weighted by molar-refractivity contribution is 6.31. The van der Waals surface area contributed by atoms with Gasteiger partial charge in [-0.2, -0.15) is 0 Å². The fourth-order valence-corrected chi connectivity index (χ4v) is 0.985. The van der Waals surface area contributed by atoms with Gasteiger partial charge in [0.1, 0.15) is 12.0 Å². The Morgan fingerprint density at radius 2 is 2.36 bits per heavy atom. The zero-order valence-electron chi connectivity index (χ0n) is 7.49. The number of aryl methyl sites for hydroxylation is 1. The molecule has 74 valence electrons. The molecule has 0 bridgehead atoms. The lowest BCUT2D eigenvalue weighted by atomic mass is 10.2. The van der Waals surface area contributed by atoms with Crippen LogP contribution in [0.3, 0.4) is 0 Å². The van der Waals surface area contributed by atoms with Crippen LogP contribution in [0, 0.1) is 12.7 Å². The fourth-order valence-electron chi connectivity index (χ4n) is 0.985. The molecule has 1 amide bonds. The van der Waals surface area contributed by atoms with E-state index in [9.17, 15) is 9.18 Å². The van der Waals surface area contributed by atoms with Gasteiger partial charge >= 0.3 is 0 Å². The number of nitrogens with zero attached hydrogens (tertiary/aromatic N) is 1. The summed E-state index contributed by atoms with van der Waals surface area (Å²) in [5, 5.41) is 13.1. The largest absolute Gasteiger partial charge is 0.411 e. The summed E-state index contributed by atoms with van der Waals surface area (Å²) < 4.78 is 12.7. The van der Waals surface area contributed by atoms with Gasteiger partial charge in [-0.15, -0.1) is 0 Å². The van der Waals surface area contributed by atoms with Crippen molar-refractivity contribution in [1.29, 1.82) is 0 Å². The molecule has 14 heavy (non-hydrogen) atoms. The average molecular weight is 196 g/mol. The monoisotopic (exact) mass is 196 g/mol. The number of oxime groups is 1. The third-order valence-electron chi connectivity index (χ3n) is 1.62. The molecule has 4 nitrogen and oxygen atoms in total. The van der Waals surface area contributed by atoms with Crippen LogP contribution in [0.2, 0.25) is 0 Å². The third-order valence-corrected chi connectivity index (χ3v) is 1.62. The van der Waals surface area contributed by atoms with Crippen molar-refractivity contribution < 1.29 is 14.4 Å². The van der Waals surface area contributed by atoms with Gasteiger partial charge in [-0.05, 0) is 30.7 Å². The maximum absolute atomic E-state index is 12.7. The van der Waals surface area contributed by atoms with E-state index in [4.69, 9.17) is 5.21 Å². The van der Waals surface area contributed by atoms with Crippen LogP contribution < -0.4 is 5.32 Å². The van der Waals surface area contributed by atoms with Crippen LogP contribution in [0.1, 0.15) is 5.56 Å². The summed E-state index contributed by atoms with van der Waals surface area (Å²) in [6.45, 7) is 1.66. The van der Waals surface area contributed by atoms with Crippen molar-refractivity contribution in [2.75, 3.05) is 5.32 Å². The van der Waals surface area contributed by atoms with E-state index in [1.807, 2.05) is 0 Å². The second-order valence-corrected chi connectivity index (χ2v) is 2.69. The Labute approximate surface area is 80.0 Å². The molecule has 0 aliphatic carbocycles. The summed E-state index contributed by atoms with van der Waals surface area (Å²) in [6, 6.07) is 3.97. The van der Waals surface area contributed by atoms with E-state index < -0.39 is 5.91 Å². The van der Waals surface area contributed by atoms with E-state index in [0.717, 1.165) is 6.21 Å². The Balaban J connectivity index is 2.82. The Kier molecular flexibility index (Phi) is 3.17. The Hall–Kier alpha value is -1.91. The van der Waals surface area contributed by atoms with Crippen molar-refractivity contribution in [3.05, 3.63) is 29.6 Å². The molecular weight excluding hydrogens is 187 g/mol. The molecule has 1 rings (SSSR count). The molecule has 0 fully saturated rings. The fraction of sp³-hybridized carbons (Fsp3) is 0.111. The second kappa shape index (κ2) is 4.36. The third kappa shape index (κ3) is 2.55. The van der Waals surface area contributed by atoms with E-state index in [2.05, 4.69) is 10.5 Å². The molecule has 0 atom stereocenters. The normalized spacial score (nSPS) is 10.4. The minimum atomic E-state index is -0.567. The lowest BCUT2D eigenvalue weighted by Gasteiger charge is -2.04. The van der Waals surface area contributed by atoms with Gasteiger partial charge < -0.3 is 10.5 Å². The molecule has 0 aromatic heterocycles. The van der Waals surface area contributed by atoms with Crippen LogP contribution >= 0.6 is 0 Å². The summed E-state index contributed by atoms with van der Waals surface area (Å²) in [5.74, 6) is -0.932. The Morgan fingerprint density at radius 1 is 1.64 bits per heavy atom. The number of carbonyl (C=O) groups excluding carboxylic acids is 1. The summed E-state index contributed by atoms with van der Waals surface area (Å²) in [5.41, 5.74) is 1.08. The first-order valence-electron chi connectivity index (χ1n) is 3.88. The molecule has 0 saturated carbocycles. The Bertz CT molecular complexity index is 377. The molecule has 0 radical (unpaired) electrons. The van der Waals surface area contributed by atoms with Crippen LogP contribution in [-0.4, -0.2) is 17.3 Å². The van der Waals surface area contributed by atoms with Gasteiger partial charge in [0.15, 0.2) is 0 Å². The zero-order valence-corrected chi connectivity index (χ0v) is 7.49. The van der Waals surface area contributed by atoms with Crippen molar-refractivity contribution in [3.63, 3.8) is 0 Å². The van der Waals surface area contributed by atoms with Gasteiger partial charge in [0.2, 0.25) is 0 Å². The number of halogens is 1. The van der Waals surface area contributed by atoms with Gasteiger partial charge in [0, 0.05) is 5.69 Å². The summed E-state index contributed by atoms with van der Waals surface area (Å²) in [6.07, 6.45) is 0.725. The highest BCUT2D eigenvalue weighted by atomic mass is 19.1. The SMILES string of the molecule is Cc1cc(F)ccc1NC(=O)/C=N/O. The lowest BCUT2D eigenvalue weighted by Crippen LogP contribution is -2.13. The van der Waals surface area contributed by atoms with Gasteiger partial charge in [0.25, 0.3) is 5.91 Å². The molecule has 0 spiro atoms. The molecule has 1 aromatic carbocycles. The second-order valence-electron chi connectivity index (χ2n) is 2.69. The predicted octanol–water partition coefficient (Wildman–Crippen LogP) is 1.53. The van der Waals surface area contributed by atoms with Crippen molar-refractivity contribution in [2.24, 2.45) is 5.16 Å². The summed E-state index contributed by atoms with van der Waals surface area (Å²) >= 11 is 0. The van der Waals surface area contributed by atoms with Crippen LogP contribution in [0.5, 0.6) is 0 Å². The molecule has 0 heterocycles. The van der Waals surface area contributed by atoms with Crippen LogP contribution in [0.4, 0.5) is 10.1 Å². The van der Waals surface area contributed by atoms with E-state index >= 15 is 0 Å². The number of rotatable bonds is 2. The molecule has 0 unspecified atom stereocenters. The number of nitrogens with one attached hydrogen (secondary N) is 1. The van der Waals surface area contributed by atoms with E-state index in [-0.39, 0.29) is 5.82 Å². The highest BCUT2D eigenvalue weighted by Gasteiger charge is 2.02. The average Bonchev–Trinajstić information content (AvgIpc) is 2.10. The minimum Gasteiger partial charge on any atom is -0.411 e. The first kappa shape index (κ1) is 10.2. The molecule has 0 saturated heterocycles. The molecular formula is C9H9FN2O2. The molecule has 2 N–H and O–H groups in total. The quantitative estimate of drug-likeness (QED) is 0.428. The van der Waals surface area contributed by atoms with Gasteiger partial charge in [-0.3, -0.25) is 4.79 Å².